The second-order valence-electron chi connectivity index (χ2n) is 3.60. The fourth-order valence-electron chi connectivity index (χ4n) is 1.39. The van der Waals surface area contributed by atoms with E-state index in [0.717, 1.165) is 16.3 Å². The first-order valence-electron chi connectivity index (χ1n) is 5.09. The van der Waals surface area contributed by atoms with Crippen molar-refractivity contribution in [3.8, 4) is 10.6 Å². The summed E-state index contributed by atoms with van der Waals surface area (Å²) in [5.74, 6) is -0.226. The second-order valence-corrected chi connectivity index (χ2v) is 4.46. The highest BCUT2D eigenvalue weighted by atomic mass is 32.1. The van der Waals surface area contributed by atoms with Gasteiger partial charge in [-0.25, -0.2) is 9.37 Å². The zero-order chi connectivity index (χ0) is 11.5. The van der Waals surface area contributed by atoms with E-state index in [-0.39, 0.29) is 11.9 Å². The van der Waals surface area contributed by atoms with Crippen LogP contribution in [0.5, 0.6) is 0 Å². The van der Waals surface area contributed by atoms with Gasteiger partial charge in [-0.2, -0.15) is 0 Å². The van der Waals surface area contributed by atoms with Gasteiger partial charge < -0.3 is 5.32 Å². The molecule has 0 radical (unpaired) electrons. The quantitative estimate of drug-likeness (QED) is 0.885. The number of halogens is 1. The van der Waals surface area contributed by atoms with E-state index in [4.69, 9.17) is 0 Å². The summed E-state index contributed by atoms with van der Waals surface area (Å²) in [6.45, 7) is 2.05. The first-order chi connectivity index (χ1) is 7.70. The molecule has 1 heterocycles. The molecule has 1 aromatic carbocycles. The van der Waals surface area contributed by atoms with Crippen molar-refractivity contribution in [1.82, 2.24) is 10.3 Å². The minimum absolute atomic E-state index is 0.221. The first kappa shape index (κ1) is 11.2. The van der Waals surface area contributed by atoms with E-state index in [1.165, 1.54) is 23.5 Å². The summed E-state index contributed by atoms with van der Waals surface area (Å²) in [5, 5.41) is 5.99. The molecule has 0 amide bonds. The molecule has 0 saturated heterocycles. The Hall–Kier alpha value is -1.26. The Morgan fingerprint density at radius 2 is 2.25 bits per heavy atom. The van der Waals surface area contributed by atoms with Crippen molar-refractivity contribution in [3.05, 3.63) is 41.2 Å². The molecule has 1 unspecified atom stereocenters. The average Bonchev–Trinajstić information content (AvgIpc) is 2.77. The molecule has 0 aliphatic heterocycles. The van der Waals surface area contributed by atoms with Crippen LogP contribution in [0, 0.1) is 5.82 Å². The number of nitrogens with one attached hydrogen (secondary N) is 1. The fourth-order valence-corrected chi connectivity index (χ4v) is 2.30. The maximum atomic E-state index is 13.0. The van der Waals surface area contributed by atoms with Crippen LogP contribution in [0.15, 0.2) is 29.6 Å². The molecular weight excluding hydrogens is 223 g/mol. The number of nitrogens with zero attached hydrogens (tertiary/aromatic N) is 1. The third-order valence-corrected chi connectivity index (χ3v) is 3.38. The van der Waals surface area contributed by atoms with Crippen molar-refractivity contribution in [1.29, 1.82) is 0 Å². The number of thiazole rings is 1. The van der Waals surface area contributed by atoms with Crippen LogP contribution in [0.2, 0.25) is 0 Å². The van der Waals surface area contributed by atoms with Crippen molar-refractivity contribution >= 4 is 11.3 Å². The predicted molar refractivity (Wildman–Crippen MR) is 65.0 cm³/mol. The Bertz CT molecular complexity index is 481. The van der Waals surface area contributed by atoms with Crippen molar-refractivity contribution in [2.75, 3.05) is 7.05 Å². The highest BCUT2D eigenvalue weighted by Gasteiger charge is 2.09. The van der Waals surface area contributed by atoms with Crippen LogP contribution >= 0.6 is 11.3 Å². The van der Waals surface area contributed by atoms with Crippen LogP contribution in [-0.4, -0.2) is 12.0 Å². The van der Waals surface area contributed by atoms with Crippen LogP contribution in [-0.2, 0) is 0 Å². The van der Waals surface area contributed by atoms with E-state index >= 15 is 0 Å². The van der Waals surface area contributed by atoms with Gasteiger partial charge in [-0.1, -0.05) is 12.1 Å². The lowest BCUT2D eigenvalue weighted by Crippen LogP contribution is -2.12. The molecule has 1 N–H and O–H groups in total. The molecule has 0 aliphatic rings. The standard InChI is InChI=1S/C12H13FN2S/c1-8(14-2)11-7-16-12(15-11)9-4-3-5-10(13)6-9/h3-8,14H,1-2H3. The van der Waals surface area contributed by atoms with E-state index < -0.39 is 0 Å². The summed E-state index contributed by atoms with van der Waals surface area (Å²) in [6, 6.07) is 6.74. The fraction of sp³-hybridized carbons (Fsp3) is 0.250. The molecule has 4 heteroatoms. The average molecular weight is 236 g/mol. The van der Waals surface area contributed by atoms with E-state index in [9.17, 15) is 4.39 Å². The SMILES string of the molecule is CNC(C)c1csc(-c2cccc(F)c2)n1. The molecule has 2 aromatic rings. The van der Waals surface area contributed by atoms with Gasteiger partial charge in [-0.3, -0.25) is 0 Å². The van der Waals surface area contributed by atoms with Gasteiger partial charge in [-0.05, 0) is 26.1 Å². The highest BCUT2D eigenvalue weighted by Crippen LogP contribution is 2.26. The van der Waals surface area contributed by atoms with Crippen molar-refractivity contribution in [3.63, 3.8) is 0 Å². The molecule has 16 heavy (non-hydrogen) atoms. The summed E-state index contributed by atoms with van der Waals surface area (Å²) >= 11 is 1.54. The van der Waals surface area contributed by atoms with Gasteiger partial charge in [0.1, 0.15) is 10.8 Å². The third-order valence-electron chi connectivity index (χ3n) is 2.47. The Kier molecular flexibility index (Phi) is 3.31. The smallest absolute Gasteiger partial charge is 0.123 e. The monoisotopic (exact) mass is 236 g/mol. The lowest BCUT2D eigenvalue weighted by atomic mass is 10.2. The molecule has 0 fully saturated rings. The minimum Gasteiger partial charge on any atom is -0.312 e. The molecule has 1 aromatic heterocycles. The summed E-state index contributed by atoms with van der Waals surface area (Å²) in [4.78, 5) is 4.48. The van der Waals surface area contributed by atoms with Crippen LogP contribution in [0.1, 0.15) is 18.7 Å². The normalized spacial score (nSPS) is 12.7. The summed E-state index contributed by atoms with van der Waals surface area (Å²) in [5.41, 5.74) is 1.83. The Morgan fingerprint density at radius 3 is 2.94 bits per heavy atom. The number of hydrogen-bond acceptors (Lipinski definition) is 3. The molecule has 0 bridgehead atoms. The molecule has 0 spiro atoms. The number of rotatable bonds is 3. The van der Waals surface area contributed by atoms with Crippen LogP contribution in [0.3, 0.4) is 0 Å². The first-order valence-corrected chi connectivity index (χ1v) is 5.97. The second kappa shape index (κ2) is 4.72. The van der Waals surface area contributed by atoms with Crippen molar-refractivity contribution in [2.45, 2.75) is 13.0 Å². The lowest BCUT2D eigenvalue weighted by Gasteiger charge is -2.04. The van der Waals surface area contributed by atoms with Gasteiger partial charge in [0.05, 0.1) is 5.69 Å². The number of benzene rings is 1. The molecule has 0 saturated carbocycles. The summed E-state index contributed by atoms with van der Waals surface area (Å²) < 4.78 is 13.0. The lowest BCUT2D eigenvalue weighted by molar-refractivity contribution is 0.628. The van der Waals surface area contributed by atoms with Gasteiger partial charge in [0.25, 0.3) is 0 Å². The van der Waals surface area contributed by atoms with Crippen LogP contribution in [0.25, 0.3) is 10.6 Å². The summed E-state index contributed by atoms with van der Waals surface area (Å²) in [6.07, 6.45) is 0. The molecule has 2 nitrogen and oxygen atoms in total. The highest BCUT2D eigenvalue weighted by molar-refractivity contribution is 7.13. The molecule has 84 valence electrons. The Labute approximate surface area is 98.2 Å². The Balaban J connectivity index is 2.31. The van der Waals surface area contributed by atoms with Gasteiger partial charge >= 0.3 is 0 Å². The molecule has 0 aliphatic carbocycles. The largest absolute Gasteiger partial charge is 0.312 e. The van der Waals surface area contributed by atoms with Crippen molar-refractivity contribution in [2.24, 2.45) is 0 Å². The zero-order valence-corrected chi connectivity index (χ0v) is 10.0. The number of hydrogen-bond donors (Lipinski definition) is 1. The van der Waals surface area contributed by atoms with E-state index in [2.05, 4.69) is 10.3 Å². The zero-order valence-electron chi connectivity index (χ0n) is 9.20. The van der Waals surface area contributed by atoms with Gasteiger partial charge in [0.15, 0.2) is 0 Å². The predicted octanol–water partition coefficient (Wildman–Crippen LogP) is 3.23. The Morgan fingerprint density at radius 1 is 1.44 bits per heavy atom. The molecular formula is C12H13FN2S. The van der Waals surface area contributed by atoms with E-state index in [1.807, 2.05) is 25.4 Å². The summed E-state index contributed by atoms with van der Waals surface area (Å²) in [7, 11) is 1.89. The van der Waals surface area contributed by atoms with Crippen LogP contribution in [0.4, 0.5) is 4.39 Å². The molecule has 1 atom stereocenters. The van der Waals surface area contributed by atoms with Gasteiger partial charge in [0.2, 0.25) is 0 Å². The maximum Gasteiger partial charge on any atom is 0.123 e. The van der Waals surface area contributed by atoms with E-state index in [0.29, 0.717) is 0 Å². The van der Waals surface area contributed by atoms with Gasteiger partial charge in [-0.15, -0.1) is 11.3 Å². The van der Waals surface area contributed by atoms with E-state index in [1.54, 1.807) is 6.07 Å². The maximum absolute atomic E-state index is 13.0. The van der Waals surface area contributed by atoms with Crippen molar-refractivity contribution < 1.29 is 4.39 Å². The third kappa shape index (κ3) is 2.28. The van der Waals surface area contributed by atoms with Crippen LogP contribution < -0.4 is 5.32 Å². The number of aromatic nitrogens is 1. The topological polar surface area (TPSA) is 24.9 Å². The molecule has 2 rings (SSSR count). The minimum atomic E-state index is -0.226. The van der Waals surface area contributed by atoms with Gasteiger partial charge in [0, 0.05) is 17.0 Å².